The van der Waals surface area contributed by atoms with E-state index >= 15 is 0 Å². The predicted molar refractivity (Wildman–Crippen MR) is 203 cm³/mol. The fourth-order valence-electron chi connectivity index (χ4n) is 5.50. The van der Waals surface area contributed by atoms with Crippen LogP contribution in [0.1, 0.15) is 38.4 Å². The van der Waals surface area contributed by atoms with Crippen LogP contribution in [0, 0.1) is 0 Å². The average molecular weight is 669 g/mol. The SMILES string of the molecule is [2H]c1c([2H])c([2H])c(-c2nc(-c3c([2H])c([2H])c([2H])c([2H])c3[2H])nc(-c3c([2H])c([2H])c([2H])c4c5c([2H])c([2H])c([2H])c([2H])c5n(-c5c([2H])c([2H])c6c(oc7c([2H])c([2H])c([2H])c(-c8c([2H])c([2H])c([2H])c([2H])c8[2H])c76)c5[2H])c34)n2)c([2H])c1[2H]. The summed E-state index contributed by atoms with van der Waals surface area (Å²) in [6, 6.07) is -25.6. The van der Waals surface area contributed by atoms with E-state index in [2.05, 4.69) is 15.0 Å². The van der Waals surface area contributed by atoms with Crippen molar-refractivity contribution in [2.24, 2.45) is 0 Å². The van der Waals surface area contributed by atoms with E-state index in [4.69, 9.17) is 33.2 Å². The summed E-state index contributed by atoms with van der Waals surface area (Å²) < 4.78 is 254. The van der Waals surface area contributed by atoms with E-state index in [0.29, 0.717) is 0 Å². The molecule has 3 heterocycles. The lowest BCUT2D eigenvalue weighted by molar-refractivity contribution is 0.668. The molecule has 0 amide bonds. The van der Waals surface area contributed by atoms with Gasteiger partial charge in [-0.3, -0.25) is 0 Å². The van der Waals surface area contributed by atoms with Crippen molar-refractivity contribution in [3.8, 4) is 51.0 Å². The van der Waals surface area contributed by atoms with E-state index < -0.39 is 264 Å². The van der Waals surface area contributed by atoms with Gasteiger partial charge in [-0.1, -0.05) is 133 Å². The van der Waals surface area contributed by atoms with Gasteiger partial charge >= 0.3 is 0 Å². The van der Waals surface area contributed by atoms with Gasteiger partial charge in [-0.05, 0) is 41.3 Å². The molecule has 3 aromatic heterocycles. The number of furan rings is 1. The Morgan fingerprint density at radius 1 is 0.440 bits per heavy atom. The quantitative estimate of drug-likeness (QED) is 0.183. The Morgan fingerprint density at radius 2 is 1.02 bits per heavy atom. The number of benzene rings is 7. The van der Waals surface area contributed by atoms with Gasteiger partial charge in [-0.2, -0.15) is 0 Å². The molecule has 234 valence electrons. The molecule has 0 saturated carbocycles. The minimum atomic E-state index is -1.05. The van der Waals surface area contributed by atoms with Crippen LogP contribution in [0.3, 0.4) is 0 Å². The van der Waals surface area contributed by atoms with Gasteiger partial charge in [0.25, 0.3) is 0 Å². The first kappa shape index (κ1) is 11.9. The maximum Gasteiger partial charge on any atom is 0.166 e. The molecule has 10 rings (SSSR count). The molecule has 0 saturated heterocycles. The Hall–Kier alpha value is -6.85. The van der Waals surface area contributed by atoms with Gasteiger partial charge in [-0.15, -0.1) is 0 Å². The molecule has 50 heavy (non-hydrogen) atoms. The van der Waals surface area contributed by atoms with Crippen molar-refractivity contribution >= 4 is 43.7 Å². The predicted octanol–water partition coefficient (Wildman–Crippen LogP) is 11.5. The van der Waals surface area contributed by atoms with E-state index in [9.17, 15) is 9.60 Å². The third kappa shape index (κ3) is 4.52. The van der Waals surface area contributed by atoms with Crippen LogP contribution in [0.15, 0.2) is 174 Å². The Kier molecular flexibility index (Phi) is 2.72. The van der Waals surface area contributed by atoms with Crippen molar-refractivity contribution < 1.29 is 42.8 Å². The molecule has 5 heteroatoms. The van der Waals surface area contributed by atoms with Crippen molar-refractivity contribution in [1.29, 1.82) is 0 Å². The molecule has 0 unspecified atom stereocenters. The zero-order chi connectivity index (χ0) is 57.4. The lowest BCUT2D eigenvalue weighted by Gasteiger charge is -2.13. The van der Waals surface area contributed by atoms with Crippen LogP contribution in [0.4, 0.5) is 0 Å². The molecule has 10 aromatic rings. The summed E-state index contributed by atoms with van der Waals surface area (Å²) in [5.74, 6) is -2.62. The average Bonchev–Trinajstić information content (AvgIpc) is 3.65. The smallest absolute Gasteiger partial charge is 0.166 e. The number of hydrogen-bond donors (Lipinski definition) is 0. The number of hydrogen-bond acceptors (Lipinski definition) is 4. The first-order valence-electron chi connectivity index (χ1n) is 28.4. The van der Waals surface area contributed by atoms with Crippen molar-refractivity contribution in [3.63, 3.8) is 0 Å². The van der Waals surface area contributed by atoms with Crippen LogP contribution in [-0.2, 0) is 0 Å². The third-order valence-corrected chi connectivity index (χ3v) is 7.55. The van der Waals surface area contributed by atoms with Gasteiger partial charge in [0.05, 0.1) is 49.4 Å². The summed E-state index contributed by atoms with van der Waals surface area (Å²) in [6.45, 7) is 0. The lowest BCUT2D eigenvalue weighted by Crippen LogP contribution is -2.02. The summed E-state index contributed by atoms with van der Waals surface area (Å²) in [4.78, 5) is 13.0. The summed E-state index contributed by atoms with van der Waals surface area (Å²) >= 11 is 0. The largest absolute Gasteiger partial charge is 0.456 e. The monoisotopic (exact) mass is 668 g/mol. The fourth-order valence-corrected chi connectivity index (χ4v) is 5.50. The van der Waals surface area contributed by atoms with Crippen LogP contribution in [0.25, 0.3) is 94.7 Å². The second-order valence-electron chi connectivity index (χ2n) is 10.3. The number of nitrogens with zero attached hydrogens (tertiary/aromatic N) is 4. The second-order valence-corrected chi connectivity index (χ2v) is 10.3. The van der Waals surface area contributed by atoms with Gasteiger partial charge < -0.3 is 8.98 Å². The van der Waals surface area contributed by atoms with Crippen LogP contribution in [0.2, 0.25) is 0 Å². The van der Waals surface area contributed by atoms with E-state index in [1.807, 2.05) is 0 Å². The molecule has 0 N–H and O–H groups in total. The van der Waals surface area contributed by atoms with Crippen molar-refractivity contribution in [2.75, 3.05) is 0 Å². The summed E-state index contributed by atoms with van der Waals surface area (Å²) in [6.07, 6.45) is 0. The van der Waals surface area contributed by atoms with E-state index in [0.717, 1.165) is 4.57 Å². The van der Waals surface area contributed by atoms with Crippen molar-refractivity contribution in [1.82, 2.24) is 19.5 Å². The van der Waals surface area contributed by atoms with Crippen LogP contribution in [0.5, 0.6) is 0 Å². The third-order valence-electron chi connectivity index (χ3n) is 7.55. The number of para-hydroxylation sites is 2. The lowest BCUT2D eigenvalue weighted by atomic mass is 9.99. The summed E-state index contributed by atoms with van der Waals surface area (Å²) in [5, 5.41) is -2.29. The molecule has 0 radical (unpaired) electrons. The second kappa shape index (κ2) is 11.4. The van der Waals surface area contributed by atoms with E-state index in [-0.39, 0.29) is 0 Å². The molecule has 5 nitrogen and oxygen atoms in total. The molecule has 0 aliphatic heterocycles. The van der Waals surface area contributed by atoms with Crippen molar-refractivity contribution in [2.45, 2.75) is 0 Å². The summed E-state index contributed by atoms with van der Waals surface area (Å²) in [5.41, 5.74) is -7.24. The first-order chi connectivity index (χ1) is 36.4. The van der Waals surface area contributed by atoms with Gasteiger partial charge in [0.2, 0.25) is 0 Å². The van der Waals surface area contributed by atoms with Crippen LogP contribution in [-0.4, -0.2) is 19.5 Å². The Labute approximate surface area is 327 Å². The normalized spacial score (nSPS) is 19.4. The molecule has 0 spiro atoms. The minimum Gasteiger partial charge on any atom is -0.456 e. The molecular formula is C45H28N4O. The molecule has 0 aliphatic carbocycles. The van der Waals surface area contributed by atoms with Crippen LogP contribution >= 0.6 is 0 Å². The van der Waals surface area contributed by atoms with Gasteiger partial charge in [0.15, 0.2) is 17.5 Å². The maximum absolute atomic E-state index is 9.84. The number of aromatic nitrogens is 4. The molecule has 7 aromatic carbocycles. The Balaban J connectivity index is 1.46. The highest BCUT2D eigenvalue weighted by atomic mass is 16.3. The number of fused-ring (bicyclic) bond motifs is 6. The van der Waals surface area contributed by atoms with Gasteiger partial charge in [-0.25, -0.2) is 15.0 Å². The standard InChI is InChI=1S/C45H28N4O/c1-4-14-29(15-5-1)33-21-13-25-39-41(33)36-27-26-32(28-40(36)50-39)49-38-24-11-10-20-34(38)35-22-12-23-37(42(35)49)45-47-43(30-16-6-2-7-17-30)46-44(48-45)31-18-8-3-9-19-31/h1-28H/i1D,2D,3D,4D,5D,6D,7D,8D,9D,10D,11D,12D,13D,14D,15D,16D,17D,18D,19D,20D,21D,22D,23D,24D,25D,26D,27D,28D. The highest BCUT2D eigenvalue weighted by Crippen LogP contribution is 2.41. The fraction of sp³-hybridized carbons (Fsp3) is 0. The Bertz CT molecular complexity index is 4320. The molecule has 0 fully saturated rings. The highest BCUT2D eigenvalue weighted by Gasteiger charge is 2.21. The first-order valence-corrected chi connectivity index (χ1v) is 14.4. The topological polar surface area (TPSA) is 56.7 Å². The molecular weight excluding hydrogens is 613 g/mol. The van der Waals surface area contributed by atoms with Gasteiger partial charge in [0, 0.05) is 50.0 Å². The van der Waals surface area contributed by atoms with Crippen LogP contribution < -0.4 is 0 Å². The number of rotatable bonds is 5. The summed E-state index contributed by atoms with van der Waals surface area (Å²) in [7, 11) is 0. The highest BCUT2D eigenvalue weighted by molar-refractivity contribution is 6.15. The van der Waals surface area contributed by atoms with E-state index in [1.165, 1.54) is 0 Å². The molecule has 0 atom stereocenters. The molecule has 0 aliphatic rings. The Morgan fingerprint density at radius 3 is 1.74 bits per heavy atom. The zero-order valence-corrected chi connectivity index (χ0v) is 24.7. The van der Waals surface area contributed by atoms with E-state index in [1.54, 1.807) is 0 Å². The minimum absolute atomic E-state index is 0.510. The molecule has 0 bridgehead atoms. The van der Waals surface area contributed by atoms with Crippen molar-refractivity contribution in [3.05, 3.63) is 169 Å². The zero-order valence-electron chi connectivity index (χ0n) is 52.7. The maximum atomic E-state index is 9.84. The van der Waals surface area contributed by atoms with Gasteiger partial charge in [0.1, 0.15) is 11.2 Å².